The summed E-state index contributed by atoms with van der Waals surface area (Å²) >= 11 is 0. The highest BCUT2D eigenvalue weighted by Crippen LogP contribution is 2.25. The molecule has 2 N–H and O–H groups in total. The average molecular weight is 549 g/mol. The summed E-state index contributed by atoms with van der Waals surface area (Å²) in [7, 11) is 1.58. The van der Waals surface area contributed by atoms with E-state index < -0.39 is 12.1 Å². The predicted molar refractivity (Wildman–Crippen MR) is 156 cm³/mol. The molecule has 0 aliphatic heterocycles. The Kier molecular flexibility index (Phi) is 12.3. The minimum absolute atomic E-state index is 0.210. The molecule has 1 unspecified atom stereocenters. The van der Waals surface area contributed by atoms with Crippen molar-refractivity contribution in [2.75, 3.05) is 38.7 Å². The lowest BCUT2D eigenvalue weighted by Gasteiger charge is -2.24. The number of anilines is 1. The van der Waals surface area contributed by atoms with Crippen molar-refractivity contribution in [3.8, 4) is 11.5 Å². The van der Waals surface area contributed by atoms with Crippen molar-refractivity contribution in [3.05, 3.63) is 89.5 Å². The van der Waals surface area contributed by atoms with Gasteiger partial charge in [-0.3, -0.25) is 0 Å². The number of nitrogens with one attached hydrogen (secondary N) is 1. The molecule has 0 aromatic heterocycles. The number of aryl methyl sites for hydroxylation is 2. The van der Waals surface area contributed by atoms with Crippen molar-refractivity contribution < 1.29 is 28.9 Å². The summed E-state index contributed by atoms with van der Waals surface area (Å²) in [6.45, 7) is 5.38. The van der Waals surface area contributed by atoms with Crippen molar-refractivity contribution in [2.45, 2.75) is 45.6 Å². The number of ether oxygens (including phenoxy) is 3. The number of nitrogens with zero attached hydrogens (tertiary/aromatic N) is 1. The van der Waals surface area contributed by atoms with E-state index in [0.717, 1.165) is 30.4 Å². The van der Waals surface area contributed by atoms with E-state index in [4.69, 9.17) is 14.2 Å². The van der Waals surface area contributed by atoms with Gasteiger partial charge in [0.05, 0.1) is 19.3 Å². The second-order valence-corrected chi connectivity index (χ2v) is 9.54. The van der Waals surface area contributed by atoms with Crippen LogP contribution in [0, 0.1) is 6.92 Å². The molecule has 3 rings (SSSR count). The minimum atomic E-state index is -0.979. The normalized spacial score (nSPS) is 11.5. The molecule has 0 saturated carbocycles. The number of amides is 2. The Bertz CT molecular complexity index is 1200. The number of methoxy groups -OCH3 is 1. The Labute approximate surface area is 236 Å². The number of carboxylic acid groups (broad SMARTS) is 1. The largest absolute Gasteiger partial charge is 0.495 e. The third-order valence-electron chi connectivity index (χ3n) is 6.49. The Morgan fingerprint density at radius 1 is 0.950 bits per heavy atom. The maximum atomic E-state index is 13.3. The summed E-state index contributed by atoms with van der Waals surface area (Å²) in [5, 5.41) is 12.3. The van der Waals surface area contributed by atoms with Crippen LogP contribution in [0.2, 0.25) is 0 Å². The van der Waals surface area contributed by atoms with Crippen LogP contribution in [0.1, 0.15) is 36.5 Å². The van der Waals surface area contributed by atoms with Crippen LogP contribution in [0.25, 0.3) is 0 Å². The molecule has 8 nitrogen and oxygen atoms in total. The first-order valence-corrected chi connectivity index (χ1v) is 13.7. The molecule has 0 heterocycles. The molecule has 0 radical (unpaired) electrons. The molecular weight excluding hydrogens is 508 g/mol. The summed E-state index contributed by atoms with van der Waals surface area (Å²) in [6, 6.07) is 23.1. The number of benzene rings is 3. The lowest BCUT2D eigenvalue weighted by molar-refractivity contribution is -0.149. The zero-order valence-corrected chi connectivity index (χ0v) is 23.6. The molecule has 0 saturated heterocycles. The molecule has 8 heteroatoms. The van der Waals surface area contributed by atoms with Crippen molar-refractivity contribution >= 4 is 17.7 Å². The standard InChI is InChI=1S/C32H40N2O6/c1-4-39-30(31(35)36)23-26-14-16-27(17-15-26)40-21-20-34(19-9-8-12-25-10-6-5-7-11-25)32(37)33-28-22-24(2)13-18-29(28)38-3/h5-7,10-11,13-18,22,30H,4,8-9,12,19-21,23H2,1-3H3,(H,33,37)(H,35,36). The number of rotatable bonds is 16. The highest BCUT2D eigenvalue weighted by atomic mass is 16.5. The molecule has 0 spiro atoms. The zero-order chi connectivity index (χ0) is 28.7. The summed E-state index contributed by atoms with van der Waals surface area (Å²) < 4.78 is 16.7. The summed E-state index contributed by atoms with van der Waals surface area (Å²) in [5.41, 5.74) is 3.78. The van der Waals surface area contributed by atoms with Gasteiger partial charge in [0.15, 0.2) is 6.10 Å². The van der Waals surface area contributed by atoms with E-state index in [1.54, 1.807) is 18.9 Å². The lowest BCUT2D eigenvalue weighted by atomic mass is 10.1. The lowest BCUT2D eigenvalue weighted by Crippen LogP contribution is -2.38. The monoisotopic (exact) mass is 548 g/mol. The number of unbranched alkanes of at least 4 members (excludes halogenated alkanes) is 1. The quantitative estimate of drug-likeness (QED) is 0.214. The van der Waals surface area contributed by atoms with Crippen LogP contribution in [0.15, 0.2) is 72.8 Å². The third-order valence-corrected chi connectivity index (χ3v) is 6.49. The Morgan fingerprint density at radius 3 is 2.38 bits per heavy atom. The van der Waals surface area contributed by atoms with E-state index in [1.807, 2.05) is 67.6 Å². The molecule has 3 aromatic carbocycles. The highest BCUT2D eigenvalue weighted by molar-refractivity contribution is 5.91. The van der Waals surface area contributed by atoms with Crippen LogP contribution in [0.4, 0.5) is 10.5 Å². The molecule has 0 aliphatic rings. The van der Waals surface area contributed by atoms with E-state index in [2.05, 4.69) is 17.4 Å². The SMILES string of the molecule is CCOC(Cc1ccc(OCCN(CCCCc2ccccc2)C(=O)Nc2cc(C)ccc2OC)cc1)C(=O)O. The Hall–Kier alpha value is -4.04. The van der Waals surface area contributed by atoms with Crippen LogP contribution in [0.3, 0.4) is 0 Å². The second kappa shape index (κ2) is 16.2. The number of carboxylic acids is 1. The first kappa shape index (κ1) is 30.5. The van der Waals surface area contributed by atoms with Gasteiger partial charge in [-0.2, -0.15) is 0 Å². The number of carbonyl (C=O) groups excluding carboxylic acids is 1. The van der Waals surface area contributed by atoms with Gasteiger partial charge in [0, 0.05) is 19.6 Å². The van der Waals surface area contributed by atoms with Crippen LogP contribution >= 0.6 is 0 Å². The van der Waals surface area contributed by atoms with E-state index in [9.17, 15) is 14.7 Å². The maximum Gasteiger partial charge on any atom is 0.333 e. The molecule has 40 heavy (non-hydrogen) atoms. The number of hydrogen-bond donors (Lipinski definition) is 2. The Morgan fingerprint density at radius 2 is 1.70 bits per heavy atom. The van der Waals surface area contributed by atoms with Gasteiger partial charge in [-0.05, 0) is 74.1 Å². The zero-order valence-electron chi connectivity index (χ0n) is 23.6. The van der Waals surface area contributed by atoms with Gasteiger partial charge in [0.1, 0.15) is 18.1 Å². The fraction of sp³-hybridized carbons (Fsp3) is 0.375. The minimum Gasteiger partial charge on any atom is -0.495 e. The molecule has 0 bridgehead atoms. The number of aliphatic carboxylic acids is 1. The first-order chi connectivity index (χ1) is 19.4. The van der Waals surface area contributed by atoms with Crippen molar-refractivity contribution in [2.24, 2.45) is 0 Å². The highest BCUT2D eigenvalue weighted by Gasteiger charge is 2.18. The van der Waals surface area contributed by atoms with Gasteiger partial charge >= 0.3 is 12.0 Å². The van der Waals surface area contributed by atoms with Crippen LogP contribution < -0.4 is 14.8 Å². The third kappa shape index (κ3) is 9.93. The van der Waals surface area contributed by atoms with Crippen LogP contribution in [-0.4, -0.2) is 61.5 Å². The Balaban J connectivity index is 1.58. The van der Waals surface area contributed by atoms with Gasteiger partial charge in [-0.1, -0.05) is 48.5 Å². The number of hydrogen-bond acceptors (Lipinski definition) is 5. The van der Waals surface area contributed by atoms with Crippen molar-refractivity contribution in [1.29, 1.82) is 0 Å². The molecule has 0 aliphatic carbocycles. The summed E-state index contributed by atoms with van der Waals surface area (Å²) in [4.78, 5) is 26.4. The fourth-order valence-corrected chi connectivity index (χ4v) is 4.33. The topological polar surface area (TPSA) is 97.3 Å². The van der Waals surface area contributed by atoms with E-state index in [-0.39, 0.29) is 12.5 Å². The summed E-state index contributed by atoms with van der Waals surface area (Å²) in [5.74, 6) is 0.276. The molecule has 3 aromatic rings. The van der Waals surface area contributed by atoms with Gasteiger partial charge in [-0.15, -0.1) is 0 Å². The number of urea groups is 1. The molecule has 214 valence electrons. The second-order valence-electron chi connectivity index (χ2n) is 9.54. The number of carbonyl (C=O) groups is 2. The van der Waals surface area contributed by atoms with Gasteiger partial charge in [0.2, 0.25) is 0 Å². The first-order valence-electron chi connectivity index (χ1n) is 13.7. The van der Waals surface area contributed by atoms with Gasteiger partial charge in [-0.25, -0.2) is 9.59 Å². The van der Waals surface area contributed by atoms with Gasteiger partial charge < -0.3 is 29.5 Å². The maximum absolute atomic E-state index is 13.3. The van der Waals surface area contributed by atoms with E-state index in [1.165, 1.54) is 5.56 Å². The van der Waals surface area contributed by atoms with Crippen molar-refractivity contribution in [3.63, 3.8) is 0 Å². The molecule has 0 fully saturated rings. The van der Waals surface area contributed by atoms with E-state index in [0.29, 0.717) is 43.5 Å². The van der Waals surface area contributed by atoms with E-state index >= 15 is 0 Å². The predicted octanol–water partition coefficient (Wildman–Crippen LogP) is 5.97. The fourth-order valence-electron chi connectivity index (χ4n) is 4.33. The summed E-state index contributed by atoms with van der Waals surface area (Å²) in [6.07, 6.45) is 2.17. The molecular formula is C32H40N2O6. The van der Waals surface area contributed by atoms with Crippen LogP contribution in [-0.2, 0) is 22.4 Å². The van der Waals surface area contributed by atoms with Crippen LogP contribution in [0.5, 0.6) is 11.5 Å². The molecule has 1 atom stereocenters. The smallest absolute Gasteiger partial charge is 0.333 e. The average Bonchev–Trinajstić information content (AvgIpc) is 2.95. The molecule has 2 amide bonds. The van der Waals surface area contributed by atoms with Crippen molar-refractivity contribution in [1.82, 2.24) is 4.90 Å². The van der Waals surface area contributed by atoms with Gasteiger partial charge in [0.25, 0.3) is 0 Å².